The van der Waals surface area contributed by atoms with Gasteiger partial charge in [0.2, 0.25) is 5.91 Å². The van der Waals surface area contributed by atoms with Gasteiger partial charge >= 0.3 is 0 Å². The smallest absolute Gasteiger partial charge is 0.231 e. The first kappa shape index (κ1) is 11.3. The van der Waals surface area contributed by atoms with Gasteiger partial charge in [0.1, 0.15) is 0 Å². The minimum Gasteiger partial charge on any atom is -0.309 e. The highest BCUT2D eigenvalue weighted by Crippen LogP contribution is 2.07. The molecule has 0 aliphatic heterocycles. The summed E-state index contributed by atoms with van der Waals surface area (Å²) >= 11 is 0. The average molecular weight is 230 g/mol. The van der Waals surface area contributed by atoms with Crippen LogP contribution in [0, 0.1) is 13.8 Å². The van der Waals surface area contributed by atoms with Crippen LogP contribution < -0.4 is 5.32 Å². The SMILES string of the molecule is Cc1cc(NC(=O)Cc2ncccc2C)n[nH]1. The zero-order valence-corrected chi connectivity index (χ0v) is 9.82. The molecule has 17 heavy (non-hydrogen) atoms. The van der Waals surface area contributed by atoms with Gasteiger partial charge in [-0.25, -0.2) is 0 Å². The first-order chi connectivity index (χ1) is 8.15. The van der Waals surface area contributed by atoms with E-state index in [9.17, 15) is 4.79 Å². The number of hydrogen-bond acceptors (Lipinski definition) is 3. The molecule has 0 unspecified atom stereocenters. The number of hydrogen-bond donors (Lipinski definition) is 2. The van der Waals surface area contributed by atoms with Crippen LogP contribution in [0.2, 0.25) is 0 Å². The summed E-state index contributed by atoms with van der Waals surface area (Å²) in [6.45, 7) is 3.82. The average Bonchev–Trinajstić information content (AvgIpc) is 2.67. The van der Waals surface area contributed by atoms with Gasteiger partial charge in [-0.1, -0.05) is 6.07 Å². The van der Waals surface area contributed by atoms with E-state index in [1.54, 1.807) is 12.3 Å². The number of carbonyl (C=O) groups excluding carboxylic acids is 1. The summed E-state index contributed by atoms with van der Waals surface area (Å²) in [5, 5.41) is 9.43. The second-order valence-corrected chi connectivity index (χ2v) is 3.93. The lowest BCUT2D eigenvalue weighted by atomic mass is 10.1. The Morgan fingerprint density at radius 1 is 1.47 bits per heavy atom. The molecule has 5 heteroatoms. The minimum atomic E-state index is -0.113. The van der Waals surface area contributed by atoms with E-state index in [4.69, 9.17) is 0 Å². The quantitative estimate of drug-likeness (QED) is 0.841. The Morgan fingerprint density at radius 2 is 2.29 bits per heavy atom. The van der Waals surface area contributed by atoms with Crippen molar-refractivity contribution in [3.63, 3.8) is 0 Å². The van der Waals surface area contributed by atoms with E-state index in [2.05, 4.69) is 20.5 Å². The summed E-state index contributed by atoms with van der Waals surface area (Å²) < 4.78 is 0. The maximum Gasteiger partial charge on any atom is 0.231 e. The summed E-state index contributed by atoms with van der Waals surface area (Å²) in [6.07, 6.45) is 1.95. The molecule has 2 heterocycles. The Kier molecular flexibility index (Phi) is 3.18. The fourth-order valence-corrected chi connectivity index (χ4v) is 1.52. The molecule has 0 spiro atoms. The lowest BCUT2D eigenvalue weighted by Crippen LogP contribution is -2.16. The Hall–Kier alpha value is -2.17. The van der Waals surface area contributed by atoms with Gasteiger partial charge < -0.3 is 5.32 Å². The zero-order valence-electron chi connectivity index (χ0n) is 9.82. The molecule has 0 aliphatic rings. The first-order valence-electron chi connectivity index (χ1n) is 5.37. The molecule has 0 fully saturated rings. The molecule has 0 saturated carbocycles. The Balaban J connectivity index is 2.01. The van der Waals surface area contributed by atoms with Gasteiger partial charge in [0.15, 0.2) is 5.82 Å². The Labute approximate surface area is 99.3 Å². The zero-order chi connectivity index (χ0) is 12.3. The third-order valence-corrected chi connectivity index (χ3v) is 2.42. The van der Waals surface area contributed by atoms with Crippen molar-refractivity contribution >= 4 is 11.7 Å². The molecule has 0 bridgehead atoms. The largest absolute Gasteiger partial charge is 0.309 e. The molecule has 0 atom stereocenters. The van der Waals surface area contributed by atoms with Crippen LogP contribution in [0.15, 0.2) is 24.4 Å². The first-order valence-corrected chi connectivity index (χ1v) is 5.37. The third kappa shape index (κ3) is 2.90. The fourth-order valence-electron chi connectivity index (χ4n) is 1.52. The number of nitrogens with zero attached hydrogens (tertiary/aromatic N) is 2. The van der Waals surface area contributed by atoms with Crippen LogP contribution in [-0.4, -0.2) is 21.1 Å². The highest BCUT2D eigenvalue weighted by Gasteiger charge is 2.08. The standard InChI is InChI=1S/C12H14N4O/c1-8-4-3-5-13-10(8)7-12(17)14-11-6-9(2)15-16-11/h3-6H,7H2,1-2H3,(H2,14,15,16,17). The molecule has 1 amide bonds. The van der Waals surface area contributed by atoms with Crippen LogP contribution in [-0.2, 0) is 11.2 Å². The van der Waals surface area contributed by atoms with Crippen LogP contribution in [0.1, 0.15) is 17.0 Å². The van der Waals surface area contributed by atoms with Crippen molar-refractivity contribution in [2.75, 3.05) is 5.32 Å². The van der Waals surface area contributed by atoms with Gasteiger partial charge in [0.05, 0.1) is 12.1 Å². The normalized spacial score (nSPS) is 10.2. The summed E-state index contributed by atoms with van der Waals surface area (Å²) in [5.41, 5.74) is 2.72. The lowest BCUT2D eigenvalue weighted by Gasteiger charge is -2.03. The second kappa shape index (κ2) is 4.78. The third-order valence-electron chi connectivity index (χ3n) is 2.42. The van der Waals surface area contributed by atoms with E-state index in [0.717, 1.165) is 17.0 Å². The van der Waals surface area contributed by atoms with Gasteiger partial charge in [-0.15, -0.1) is 0 Å². The second-order valence-electron chi connectivity index (χ2n) is 3.93. The number of aryl methyl sites for hydroxylation is 2. The summed E-state index contributed by atoms with van der Waals surface area (Å²) in [5.74, 6) is 0.430. The summed E-state index contributed by atoms with van der Waals surface area (Å²) in [7, 11) is 0. The highest BCUT2D eigenvalue weighted by molar-refractivity contribution is 5.91. The molecule has 2 rings (SSSR count). The van der Waals surface area contributed by atoms with Gasteiger partial charge in [-0.3, -0.25) is 14.9 Å². The maximum atomic E-state index is 11.7. The van der Waals surface area contributed by atoms with Crippen molar-refractivity contribution in [2.24, 2.45) is 0 Å². The van der Waals surface area contributed by atoms with Gasteiger partial charge in [0, 0.05) is 18.0 Å². The highest BCUT2D eigenvalue weighted by atomic mass is 16.1. The van der Waals surface area contributed by atoms with Crippen molar-refractivity contribution in [1.29, 1.82) is 0 Å². The predicted molar refractivity (Wildman–Crippen MR) is 64.6 cm³/mol. The van der Waals surface area contributed by atoms with Crippen molar-refractivity contribution in [3.05, 3.63) is 41.3 Å². The number of aromatic amines is 1. The number of rotatable bonds is 3. The number of pyridine rings is 1. The van der Waals surface area contributed by atoms with E-state index in [1.807, 2.05) is 26.0 Å². The molecule has 0 aromatic carbocycles. The molecule has 0 aliphatic carbocycles. The van der Waals surface area contributed by atoms with Crippen molar-refractivity contribution in [3.8, 4) is 0 Å². The Bertz CT molecular complexity index is 533. The predicted octanol–water partition coefficient (Wildman–Crippen LogP) is 1.60. The number of nitrogens with one attached hydrogen (secondary N) is 2. The Morgan fingerprint density at radius 3 is 2.94 bits per heavy atom. The number of carbonyl (C=O) groups is 1. The number of H-pyrrole nitrogens is 1. The topological polar surface area (TPSA) is 70.7 Å². The van der Waals surface area contributed by atoms with Crippen molar-refractivity contribution in [2.45, 2.75) is 20.3 Å². The molecular weight excluding hydrogens is 216 g/mol. The molecule has 0 saturated heterocycles. The summed E-state index contributed by atoms with van der Waals surface area (Å²) in [6, 6.07) is 5.57. The van der Waals surface area contributed by atoms with Crippen molar-refractivity contribution < 1.29 is 4.79 Å². The minimum absolute atomic E-state index is 0.113. The van der Waals surface area contributed by atoms with E-state index in [0.29, 0.717) is 5.82 Å². The van der Waals surface area contributed by atoms with Crippen LogP contribution in [0.5, 0.6) is 0 Å². The lowest BCUT2D eigenvalue weighted by molar-refractivity contribution is -0.115. The van der Waals surface area contributed by atoms with Crippen LogP contribution in [0.4, 0.5) is 5.82 Å². The molecule has 5 nitrogen and oxygen atoms in total. The number of aromatic nitrogens is 3. The molecule has 88 valence electrons. The van der Waals surface area contributed by atoms with Gasteiger partial charge in [-0.2, -0.15) is 5.10 Å². The van der Waals surface area contributed by atoms with Crippen molar-refractivity contribution in [1.82, 2.24) is 15.2 Å². The van der Waals surface area contributed by atoms with E-state index in [-0.39, 0.29) is 12.3 Å². The monoisotopic (exact) mass is 230 g/mol. The molecular formula is C12H14N4O. The van der Waals surface area contributed by atoms with Gasteiger partial charge in [0.25, 0.3) is 0 Å². The fraction of sp³-hybridized carbons (Fsp3) is 0.250. The molecule has 2 aromatic heterocycles. The van der Waals surface area contributed by atoms with E-state index >= 15 is 0 Å². The molecule has 0 radical (unpaired) electrons. The van der Waals surface area contributed by atoms with Crippen LogP contribution >= 0.6 is 0 Å². The number of anilines is 1. The van der Waals surface area contributed by atoms with Crippen LogP contribution in [0.3, 0.4) is 0 Å². The van der Waals surface area contributed by atoms with Gasteiger partial charge in [-0.05, 0) is 25.5 Å². The van der Waals surface area contributed by atoms with E-state index in [1.165, 1.54) is 0 Å². The maximum absolute atomic E-state index is 11.7. The number of amides is 1. The molecule has 2 N–H and O–H groups in total. The van der Waals surface area contributed by atoms with Crippen LogP contribution in [0.25, 0.3) is 0 Å². The van der Waals surface area contributed by atoms with E-state index < -0.39 is 0 Å². The molecule has 2 aromatic rings. The summed E-state index contributed by atoms with van der Waals surface area (Å²) in [4.78, 5) is 15.9.